The topological polar surface area (TPSA) is 78.4 Å². The van der Waals surface area contributed by atoms with Crippen LogP contribution in [0.2, 0.25) is 0 Å². The van der Waals surface area contributed by atoms with E-state index in [2.05, 4.69) is 32.0 Å². The van der Waals surface area contributed by atoms with Crippen LogP contribution in [0.4, 0.5) is 5.69 Å². The van der Waals surface area contributed by atoms with Crippen LogP contribution in [-0.4, -0.2) is 29.9 Å². The quantitative estimate of drug-likeness (QED) is 0.345. The van der Waals surface area contributed by atoms with E-state index in [4.69, 9.17) is 0 Å². The van der Waals surface area contributed by atoms with Gasteiger partial charge in [-0.25, -0.2) is 9.98 Å². The van der Waals surface area contributed by atoms with Crippen LogP contribution in [0.3, 0.4) is 0 Å². The molecule has 1 amide bonds. The van der Waals surface area contributed by atoms with Gasteiger partial charge in [-0.15, -0.1) is 35.3 Å². The predicted octanol–water partition coefficient (Wildman–Crippen LogP) is 3.25. The third-order valence-electron chi connectivity index (χ3n) is 4.01. The number of thiazole rings is 1. The van der Waals surface area contributed by atoms with Crippen LogP contribution >= 0.6 is 35.3 Å². The molecule has 6 nitrogen and oxygen atoms in total. The molecule has 0 saturated carbocycles. The van der Waals surface area contributed by atoms with Gasteiger partial charge in [-0.2, -0.15) is 0 Å². The van der Waals surface area contributed by atoms with Gasteiger partial charge in [0.2, 0.25) is 5.91 Å². The van der Waals surface area contributed by atoms with Crippen LogP contribution in [0.25, 0.3) is 0 Å². The molecule has 0 saturated heterocycles. The van der Waals surface area contributed by atoms with Crippen LogP contribution in [-0.2, 0) is 11.3 Å². The van der Waals surface area contributed by atoms with E-state index in [0.29, 0.717) is 19.5 Å². The minimum absolute atomic E-state index is 0. The lowest BCUT2D eigenvalue weighted by molar-refractivity contribution is -0.116. The number of nitrogens with zero attached hydrogens (tertiary/aromatic N) is 2. The van der Waals surface area contributed by atoms with E-state index in [1.807, 2.05) is 38.2 Å². The van der Waals surface area contributed by atoms with Gasteiger partial charge in [0, 0.05) is 42.2 Å². The first-order valence-electron chi connectivity index (χ1n) is 8.48. The molecule has 0 aliphatic carbocycles. The maximum absolute atomic E-state index is 11.9. The van der Waals surface area contributed by atoms with Crippen LogP contribution in [0.5, 0.6) is 0 Å². The molecule has 0 radical (unpaired) electrons. The first kappa shape index (κ1) is 20.6. The summed E-state index contributed by atoms with van der Waals surface area (Å²) >= 11 is 1.66. The number of hydrogen-bond acceptors (Lipinski definition) is 4. The number of amides is 1. The van der Waals surface area contributed by atoms with Crippen LogP contribution in [0.1, 0.15) is 34.7 Å². The summed E-state index contributed by atoms with van der Waals surface area (Å²) in [5, 5.41) is 10.5. The van der Waals surface area contributed by atoms with Crippen molar-refractivity contribution in [2.75, 3.05) is 18.4 Å². The number of fused-ring (bicyclic) bond motifs is 1. The van der Waals surface area contributed by atoms with Crippen molar-refractivity contribution in [3.05, 3.63) is 45.9 Å². The second kappa shape index (κ2) is 9.86. The van der Waals surface area contributed by atoms with Crippen molar-refractivity contribution in [2.24, 2.45) is 4.99 Å². The van der Waals surface area contributed by atoms with Crippen molar-refractivity contribution in [2.45, 2.75) is 32.7 Å². The Balaban J connectivity index is 0.00000243. The number of guanidine groups is 1. The first-order chi connectivity index (χ1) is 12.2. The van der Waals surface area contributed by atoms with Crippen molar-refractivity contribution in [1.29, 1.82) is 0 Å². The van der Waals surface area contributed by atoms with Crippen LogP contribution in [0, 0.1) is 6.92 Å². The van der Waals surface area contributed by atoms with Gasteiger partial charge in [-0.3, -0.25) is 4.79 Å². The zero-order valence-electron chi connectivity index (χ0n) is 14.9. The molecule has 0 bridgehead atoms. The molecule has 1 unspecified atom stereocenters. The van der Waals surface area contributed by atoms with E-state index in [0.717, 1.165) is 23.2 Å². The first-order valence-corrected chi connectivity index (χ1v) is 9.29. The Labute approximate surface area is 174 Å². The van der Waals surface area contributed by atoms with Crippen molar-refractivity contribution in [3.63, 3.8) is 0 Å². The highest BCUT2D eigenvalue weighted by Crippen LogP contribution is 2.31. The summed E-state index contributed by atoms with van der Waals surface area (Å²) in [5.74, 6) is 0.945. The summed E-state index contributed by atoms with van der Waals surface area (Å²) in [6.45, 7) is 6.07. The monoisotopic (exact) mass is 485 g/mol. The van der Waals surface area contributed by atoms with Crippen molar-refractivity contribution in [1.82, 2.24) is 15.6 Å². The molecule has 1 aliphatic heterocycles. The molecule has 26 heavy (non-hydrogen) atoms. The largest absolute Gasteiger partial charge is 0.357 e. The molecule has 0 fully saturated rings. The normalized spacial score (nSPS) is 16.3. The smallest absolute Gasteiger partial charge is 0.225 e. The molecule has 0 spiro atoms. The number of benzene rings is 1. The second-order valence-electron chi connectivity index (χ2n) is 5.98. The Morgan fingerprint density at radius 2 is 2.19 bits per heavy atom. The summed E-state index contributed by atoms with van der Waals surface area (Å²) in [6, 6.07) is 7.97. The number of carbonyl (C=O) groups excluding carboxylic acids is 1. The fourth-order valence-corrected chi connectivity index (χ4v) is 3.58. The molecule has 3 N–H and O–H groups in total. The Kier molecular flexibility index (Phi) is 7.83. The Hall–Kier alpha value is -1.68. The van der Waals surface area contributed by atoms with E-state index in [9.17, 15) is 4.79 Å². The molecular weight excluding hydrogens is 461 g/mol. The van der Waals surface area contributed by atoms with Crippen molar-refractivity contribution >= 4 is 52.9 Å². The van der Waals surface area contributed by atoms with E-state index < -0.39 is 0 Å². The van der Waals surface area contributed by atoms with Crippen LogP contribution < -0.4 is 16.0 Å². The van der Waals surface area contributed by atoms with Crippen LogP contribution in [0.15, 0.2) is 35.5 Å². The lowest BCUT2D eigenvalue weighted by Crippen LogP contribution is -2.40. The zero-order valence-corrected chi connectivity index (χ0v) is 18.1. The highest BCUT2D eigenvalue weighted by atomic mass is 127. The molecule has 1 aromatic heterocycles. The Morgan fingerprint density at radius 1 is 1.38 bits per heavy atom. The van der Waals surface area contributed by atoms with Gasteiger partial charge < -0.3 is 16.0 Å². The SMILES string of the molecule is CCNC(=NCc1ncc(C)s1)NCC1CC(=O)Nc2ccccc21.I. The number of aromatic nitrogens is 1. The number of nitrogens with one attached hydrogen (secondary N) is 3. The van der Waals surface area contributed by atoms with Gasteiger partial charge in [0.25, 0.3) is 0 Å². The molecule has 140 valence electrons. The van der Waals surface area contributed by atoms with Gasteiger partial charge in [0.05, 0.1) is 6.54 Å². The summed E-state index contributed by atoms with van der Waals surface area (Å²) < 4.78 is 0. The zero-order chi connectivity index (χ0) is 17.6. The molecule has 8 heteroatoms. The molecule has 1 aliphatic rings. The van der Waals surface area contributed by atoms with E-state index >= 15 is 0 Å². The average Bonchev–Trinajstić information content (AvgIpc) is 3.02. The van der Waals surface area contributed by atoms with Gasteiger partial charge in [-0.05, 0) is 25.5 Å². The summed E-state index contributed by atoms with van der Waals surface area (Å²) in [7, 11) is 0. The number of rotatable bonds is 5. The summed E-state index contributed by atoms with van der Waals surface area (Å²) in [6.07, 6.45) is 2.35. The summed E-state index contributed by atoms with van der Waals surface area (Å²) in [4.78, 5) is 22.1. The lowest BCUT2D eigenvalue weighted by atomic mass is 9.90. The summed E-state index contributed by atoms with van der Waals surface area (Å²) in [5.41, 5.74) is 2.08. The second-order valence-corrected chi connectivity index (χ2v) is 7.30. The predicted molar refractivity (Wildman–Crippen MR) is 118 cm³/mol. The maximum Gasteiger partial charge on any atom is 0.225 e. The van der Waals surface area contributed by atoms with Gasteiger partial charge >= 0.3 is 0 Å². The van der Waals surface area contributed by atoms with E-state index in [-0.39, 0.29) is 35.8 Å². The molecular formula is C18H24IN5OS. The molecule has 1 aromatic carbocycles. The number of aryl methyl sites for hydroxylation is 1. The van der Waals surface area contributed by atoms with E-state index in [1.165, 1.54) is 10.4 Å². The number of anilines is 1. The Bertz CT molecular complexity index is 776. The highest BCUT2D eigenvalue weighted by molar-refractivity contribution is 14.0. The fraction of sp³-hybridized carbons (Fsp3) is 0.389. The van der Waals surface area contributed by atoms with Gasteiger partial charge in [-0.1, -0.05) is 18.2 Å². The number of aliphatic imine (C=N–C) groups is 1. The standard InChI is InChI=1S/C18H23N5OS.HI/c1-3-19-18(22-11-17-20-9-12(2)25-17)21-10-13-8-16(24)23-15-7-5-4-6-14(13)15;/h4-7,9,13H,3,8,10-11H2,1-2H3,(H,23,24)(H2,19,21,22);1H. The molecule has 2 aromatic rings. The molecule has 3 rings (SSSR count). The Morgan fingerprint density at radius 3 is 2.92 bits per heavy atom. The third kappa shape index (κ3) is 5.41. The maximum atomic E-state index is 11.9. The van der Waals surface area contributed by atoms with E-state index in [1.54, 1.807) is 11.3 Å². The van der Waals surface area contributed by atoms with Crippen molar-refractivity contribution in [3.8, 4) is 0 Å². The minimum atomic E-state index is 0. The van der Waals surface area contributed by atoms with Crippen molar-refractivity contribution < 1.29 is 4.79 Å². The molecule has 2 heterocycles. The minimum Gasteiger partial charge on any atom is -0.357 e. The number of para-hydroxylation sites is 1. The fourth-order valence-electron chi connectivity index (χ4n) is 2.87. The lowest BCUT2D eigenvalue weighted by Gasteiger charge is -2.26. The highest BCUT2D eigenvalue weighted by Gasteiger charge is 2.24. The molecule has 1 atom stereocenters. The third-order valence-corrected chi connectivity index (χ3v) is 4.91. The average molecular weight is 485 g/mol. The number of halogens is 1. The van der Waals surface area contributed by atoms with Gasteiger partial charge in [0.15, 0.2) is 5.96 Å². The number of carbonyl (C=O) groups is 1. The number of hydrogen-bond donors (Lipinski definition) is 3. The van der Waals surface area contributed by atoms with Gasteiger partial charge in [0.1, 0.15) is 5.01 Å².